The Hall–Kier alpha value is -4.70. The number of pyridine rings is 3. The van der Waals surface area contributed by atoms with E-state index < -0.39 is 18.4 Å². The fourth-order valence-electron chi connectivity index (χ4n) is 10.4. The maximum atomic E-state index is 12.4. The van der Waals surface area contributed by atoms with E-state index in [1.807, 2.05) is 65.3 Å². The van der Waals surface area contributed by atoms with Gasteiger partial charge in [-0.1, -0.05) is 62.5 Å². The van der Waals surface area contributed by atoms with Crippen LogP contribution in [0.25, 0.3) is 23.0 Å². The number of nitrogens with one attached hydrogen (secondary N) is 1. The standard InChI is InChI=1S/C20H26N4O.C12H10ClN3.C8H7Cl2N.C8H17NO.C4H3N2.3C4H9.Sn/c1-20(2,3)12-14(25)13-24(4)18-11-17(19-21-9-6-10-22-19)23-16-8-5-7-15(16)18;13-9-7-11(12-14-5-2-6-15-12)16-10-4-1-3-8(9)10;9-6-4-8(10)11-7-3-1-2-5(6)7;1-5-6-7(10)9-8(2,3)4;1-2-5-4-6-3-1;3*1-3-4-2;/h6,9-11H,5,7-8,12-13H2,1-4H3;2,5-7H,1,3-4H2;4H,1-3H2;5-6H2,1-4H3,(H,9,10);1-3H;3*1,3-4H2,2H3;. The first kappa shape index (κ1) is 67.1. The van der Waals surface area contributed by atoms with Gasteiger partial charge in [-0.3, -0.25) is 9.59 Å². The third kappa shape index (κ3) is 22.1. The van der Waals surface area contributed by atoms with E-state index in [1.54, 1.807) is 43.0 Å². The average Bonchev–Trinajstić information content (AvgIpc) is 4.24. The summed E-state index contributed by atoms with van der Waals surface area (Å²) in [6, 6.07) is 11.2. The third-order valence-electron chi connectivity index (χ3n) is 14.2. The Morgan fingerprint density at radius 3 is 1.46 bits per heavy atom. The van der Waals surface area contributed by atoms with Gasteiger partial charge in [0.1, 0.15) is 16.5 Å². The number of ketones is 1. The van der Waals surface area contributed by atoms with E-state index in [1.165, 1.54) is 72.4 Å². The van der Waals surface area contributed by atoms with Gasteiger partial charge in [-0.2, -0.15) is 0 Å². The van der Waals surface area contributed by atoms with Gasteiger partial charge >= 0.3 is 123 Å². The Morgan fingerprint density at radius 1 is 0.568 bits per heavy atom. The van der Waals surface area contributed by atoms with E-state index in [2.05, 4.69) is 81.7 Å². The summed E-state index contributed by atoms with van der Waals surface area (Å²) in [6.45, 7) is 21.6. The molecule has 438 valence electrons. The molecule has 1 amide bonds. The van der Waals surface area contributed by atoms with E-state index >= 15 is 0 Å². The van der Waals surface area contributed by atoms with E-state index in [4.69, 9.17) is 49.8 Å². The predicted molar refractivity (Wildman–Crippen MR) is 338 cm³/mol. The van der Waals surface area contributed by atoms with Crippen LogP contribution in [0.1, 0.15) is 180 Å². The van der Waals surface area contributed by atoms with Gasteiger partial charge in [0.25, 0.3) is 0 Å². The van der Waals surface area contributed by atoms with Gasteiger partial charge in [0, 0.05) is 83.0 Å². The number of halogens is 3. The van der Waals surface area contributed by atoms with Crippen LogP contribution in [-0.2, 0) is 48.1 Å². The molecule has 0 saturated heterocycles. The molecule has 1 N–H and O–H groups in total. The minimum atomic E-state index is -2.32. The fourth-order valence-corrected chi connectivity index (χ4v) is 26.2. The number of rotatable bonds is 18. The molecule has 13 nitrogen and oxygen atoms in total. The molecule has 81 heavy (non-hydrogen) atoms. The zero-order valence-corrected chi connectivity index (χ0v) is 55.5. The number of hydrogen-bond donors (Lipinski definition) is 1. The molecule has 0 radical (unpaired) electrons. The summed E-state index contributed by atoms with van der Waals surface area (Å²) in [5, 5.41) is 4.96. The number of carbonyl (C=O) groups excluding carboxylic acids is 2. The summed E-state index contributed by atoms with van der Waals surface area (Å²) < 4.78 is 5.66. The van der Waals surface area contributed by atoms with Gasteiger partial charge < -0.3 is 10.2 Å². The minimum absolute atomic E-state index is 0.0150. The van der Waals surface area contributed by atoms with Gasteiger partial charge in [0.05, 0.1) is 6.54 Å². The van der Waals surface area contributed by atoms with Crippen LogP contribution in [0.5, 0.6) is 0 Å². The maximum absolute atomic E-state index is 12.4. The molecule has 17 heteroatoms. The van der Waals surface area contributed by atoms with Crippen LogP contribution >= 0.6 is 34.8 Å². The molecule has 3 aliphatic carbocycles. The molecule has 0 unspecified atom stereocenters. The number of fused-ring (bicyclic) bond motifs is 3. The Balaban J connectivity index is 0.000000193. The molecule has 0 aliphatic heterocycles. The number of nitrogens with zero attached hydrogens (tertiary/aromatic N) is 10. The molecule has 6 aromatic rings. The molecule has 3 aliphatic rings. The quantitative estimate of drug-likeness (QED) is 0.0640. The molecule has 9 rings (SSSR count). The third-order valence-corrected chi connectivity index (χ3v) is 29.7. The van der Waals surface area contributed by atoms with Crippen molar-refractivity contribution in [2.75, 3.05) is 18.5 Å². The van der Waals surface area contributed by atoms with E-state index in [9.17, 15) is 9.59 Å². The number of unbranched alkanes of at least 4 members (excludes halogenated alkanes) is 3. The molecular weight excluding hydrogens is 1180 g/mol. The van der Waals surface area contributed by atoms with Crippen molar-refractivity contribution in [3.05, 3.63) is 123 Å². The second-order valence-corrected chi connectivity index (χ2v) is 37.8. The zero-order chi connectivity index (χ0) is 59.0. The van der Waals surface area contributed by atoms with Crippen molar-refractivity contribution in [1.29, 1.82) is 0 Å². The van der Waals surface area contributed by atoms with Crippen molar-refractivity contribution in [1.82, 2.24) is 50.2 Å². The van der Waals surface area contributed by atoms with Crippen molar-refractivity contribution in [2.24, 2.45) is 5.41 Å². The molecular formula is C64H90Cl3N11O2Sn. The van der Waals surface area contributed by atoms with Crippen LogP contribution in [-0.4, -0.2) is 94.1 Å². The van der Waals surface area contributed by atoms with E-state index in [0.29, 0.717) is 36.2 Å². The van der Waals surface area contributed by atoms with Crippen LogP contribution in [0.2, 0.25) is 28.5 Å². The summed E-state index contributed by atoms with van der Waals surface area (Å²) >= 11 is 15.6. The molecule has 0 aromatic carbocycles. The number of amides is 1. The molecule has 0 saturated carbocycles. The molecule has 6 heterocycles. The molecule has 6 aromatic heterocycles. The summed E-state index contributed by atoms with van der Waals surface area (Å²) in [4.78, 5) is 65.4. The Kier molecular flexibility index (Phi) is 27.8. The molecule has 0 bridgehead atoms. The Bertz CT molecular complexity index is 2870. The van der Waals surface area contributed by atoms with Gasteiger partial charge in [-0.15, -0.1) is 0 Å². The second-order valence-electron chi connectivity index (χ2n) is 23.8. The van der Waals surface area contributed by atoms with E-state index in [0.717, 1.165) is 108 Å². The van der Waals surface area contributed by atoms with Gasteiger partial charge in [-0.25, -0.2) is 34.9 Å². The first-order valence-corrected chi connectivity index (χ1v) is 38.2. The van der Waals surface area contributed by atoms with Crippen LogP contribution in [0, 0.1) is 5.41 Å². The van der Waals surface area contributed by atoms with Gasteiger partial charge in [0.2, 0.25) is 5.91 Å². The largest absolute Gasteiger partial charge is 0.367 e. The van der Waals surface area contributed by atoms with Crippen molar-refractivity contribution in [3.8, 4) is 23.0 Å². The number of aromatic nitrogens is 9. The van der Waals surface area contributed by atoms with E-state index in [-0.39, 0.29) is 22.6 Å². The van der Waals surface area contributed by atoms with Crippen LogP contribution in [0.3, 0.4) is 0 Å². The van der Waals surface area contributed by atoms with Crippen LogP contribution in [0.4, 0.5) is 5.69 Å². The minimum Gasteiger partial charge on any atom is -0.367 e. The first-order valence-electron chi connectivity index (χ1n) is 29.6. The second kappa shape index (κ2) is 33.6. The smallest absolute Gasteiger partial charge is 0.178 e. The Labute approximate surface area is 503 Å². The summed E-state index contributed by atoms with van der Waals surface area (Å²) in [5.41, 5.74) is 9.55. The number of aryl methyl sites for hydroxylation is 3. The molecule has 0 atom stereocenters. The number of anilines is 1. The van der Waals surface area contributed by atoms with Gasteiger partial charge in [0.15, 0.2) is 17.4 Å². The number of Topliss-reactive ketones (excluding diaryl/α,β-unsaturated/α-hetero) is 1. The van der Waals surface area contributed by atoms with Gasteiger partial charge in [-0.05, 0) is 137 Å². The number of likely N-dealkylation sites (N-methyl/N-ethyl adjacent to an activating group) is 1. The van der Waals surface area contributed by atoms with Crippen molar-refractivity contribution in [3.63, 3.8) is 0 Å². The van der Waals surface area contributed by atoms with Crippen LogP contribution < -0.4 is 14.1 Å². The van der Waals surface area contributed by atoms with Crippen LogP contribution in [0.15, 0.2) is 73.6 Å². The fraction of sp³-hybridized carbons (Fsp3) is 0.547. The summed E-state index contributed by atoms with van der Waals surface area (Å²) in [6.07, 6.45) is 30.5. The normalized spacial score (nSPS) is 13.1. The monoisotopic (exact) mass is 1270 g/mol. The summed E-state index contributed by atoms with van der Waals surface area (Å²) in [7, 11) is 1.99. The van der Waals surface area contributed by atoms with Crippen molar-refractivity contribution < 1.29 is 9.59 Å². The van der Waals surface area contributed by atoms with Crippen molar-refractivity contribution in [2.45, 2.75) is 204 Å². The molecule has 0 spiro atoms. The predicted octanol–water partition coefficient (Wildman–Crippen LogP) is 15.3. The number of carbonyl (C=O) groups is 2. The molecule has 0 fully saturated rings. The Morgan fingerprint density at radius 2 is 1.00 bits per heavy atom. The topological polar surface area (TPSA) is 165 Å². The summed E-state index contributed by atoms with van der Waals surface area (Å²) in [5.74, 6) is 1.68. The SMILES string of the molecule is CCCC(=O)NC(C)(C)C.CCC[CH2][Sn]([CH2]CCC)([CH2]CCC)[c]1ncccn1.CN(CC(=O)CC(C)(C)C)c1cc(-c2ncccn2)nc2c1CCC2.Clc1cc(-c2ncccn2)nc2c1CCC2.Clc1cc(Cl)c2c(n1)CCC2. The first-order chi connectivity index (χ1) is 38.7. The maximum Gasteiger partial charge on any atom is 0.178 e. The number of hydrogen-bond acceptors (Lipinski definition) is 12. The van der Waals surface area contributed by atoms with Crippen molar-refractivity contribution >= 4 is 74.4 Å². The average molecular weight is 1270 g/mol. The zero-order valence-electron chi connectivity index (χ0n) is 50.4.